The molecule has 0 aliphatic rings. The van der Waals surface area contributed by atoms with Crippen molar-refractivity contribution in [2.75, 3.05) is 0 Å². The fourth-order valence-electron chi connectivity index (χ4n) is 2.13. The van der Waals surface area contributed by atoms with Crippen LogP contribution in [0.5, 0.6) is 0 Å². The van der Waals surface area contributed by atoms with E-state index in [4.69, 9.17) is 11.6 Å². The maximum Gasteiger partial charge on any atom is 0.125 e. The number of aromatic nitrogens is 2. The second-order valence-corrected chi connectivity index (χ2v) is 5.89. The smallest absolute Gasteiger partial charge is 0.125 e. The Balaban J connectivity index is 2.09. The number of imidazole rings is 1. The molecule has 0 aliphatic carbocycles. The molecule has 1 aromatic carbocycles. The zero-order valence-corrected chi connectivity index (χ0v) is 11.6. The highest BCUT2D eigenvalue weighted by molar-refractivity contribution is 7.11. The molecule has 3 aromatic rings. The number of para-hydroxylation sites is 2. The first-order chi connectivity index (χ1) is 8.78. The predicted molar refractivity (Wildman–Crippen MR) is 77.4 cm³/mol. The van der Waals surface area contributed by atoms with Crippen molar-refractivity contribution < 1.29 is 0 Å². The van der Waals surface area contributed by atoms with Crippen molar-refractivity contribution in [3.8, 4) is 0 Å². The molecule has 0 atom stereocenters. The maximum absolute atomic E-state index is 6.00. The molecule has 0 fully saturated rings. The molecular formula is C14H13ClN2S. The molecule has 0 saturated carbocycles. The number of benzene rings is 1. The number of rotatable bonds is 3. The van der Waals surface area contributed by atoms with Crippen LogP contribution >= 0.6 is 22.9 Å². The summed E-state index contributed by atoms with van der Waals surface area (Å²) in [7, 11) is 0. The third-order valence-electron chi connectivity index (χ3n) is 2.96. The van der Waals surface area contributed by atoms with E-state index in [1.807, 2.05) is 29.5 Å². The second-order valence-electron chi connectivity index (χ2n) is 4.25. The second kappa shape index (κ2) is 4.75. The summed E-state index contributed by atoms with van der Waals surface area (Å²) in [5.74, 6) is 1.38. The number of aryl methyl sites for hydroxylation is 1. The minimum Gasteiger partial charge on any atom is -0.322 e. The standard InChI is InChI=1S/C14H13ClN2S/c1-10-6-7-11(18-10)9-17-13-5-3-2-4-12(13)16-14(17)8-15/h2-7H,8-9H2,1H3. The van der Waals surface area contributed by atoms with Crippen LogP contribution in [0.2, 0.25) is 0 Å². The van der Waals surface area contributed by atoms with Crippen molar-refractivity contribution in [2.24, 2.45) is 0 Å². The van der Waals surface area contributed by atoms with Crippen molar-refractivity contribution in [1.29, 1.82) is 0 Å². The molecule has 0 radical (unpaired) electrons. The van der Waals surface area contributed by atoms with Gasteiger partial charge in [-0.15, -0.1) is 22.9 Å². The van der Waals surface area contributed by atoms with E-state index in [0.717, 1.165) is 23.4 Å². The van der Waals surface area contributed by atoms with Gasteiger partial charge in [0.05, 0.1) is 23.5 Å². The Hall–Kier alpha value is -1.32. The Bertz CT molecular complexity index is 684. The van der Waals surface area contributed by atoms with Gasteiger partial charge >= 0.3 is 0 Å². The van der Waals surface area contributed by atoms with Crippen LogP contribution in [0.1, 0.15) is 15.6 Å². The van der Waals surface area contributed by atoms with Crippen LogP contribution < -0.4 is 0 Å². The number of nitrogens with zero attached hydrogens (tertiary/aromatic N) is 2. The molecule has 0 unspecified atom stereocenters. The van der Waals surface area contributed by atoms with Crippen LogP contribution in [0.15, 0.2) is 36.4 Å². The Kier molecular flexibility index (Phi) is 3.10. The van der Waals surface area contributed by atoms with Crippen molar-refractivity contribution in [3.05, 3.63) is 52.0 Å². The largest absolute Gasteiger partial charge is 0.322 e. The minimum absolute atomic E-state index is 0.443. The maximum atomic E-state index is 6.00. The molecule has 18 heavy (non-hydrogen) atoms. The van der Waals surface area contributed by atoms with Gasteiger partial charge in [-0.3, -0.25) is 0 Å². The SMILES string of the molecule is Cc1ccc(Cn2c(CCl)nc3ccccc32)s1. The summed E-state index contributed by atoms with van der Waals surface area (Å²) >= 11 is 7.82. The molecule has 0 aliphatic heterocycles. The lowest BCUT2D eigenvalue weighted by Crippen LogP contribution is -2.02. The lowest BCUT2D eigenvalue weighted by molar-refractivity contribution is 0.789. The molecule has 2 nitrogen and oxygen atoms in total. The van der Waals surface area contributed by atoms with E-state index in [9.17, 15) is 0 Å². The zero-order valence-electron chi connectivity index (χ0n) is 10.1. The van der Waals surface area contributed by atoms with Crippen LogP contribution in [-0.2, 0) is 12.4 Å². The summed E-state index contributed by atoms with van der Waals surface area (Å²) in [6.45, 7) is 2.98. The third-order valence-corrected chi connectivity index (χ3v) is 4.19. The quantitative estimate of drug-likeness (QED) is 0.656. The van der Waals surface area contributed by atoms with Crippen molar-refractivity contribution in [2.45, 2.75) is 19.3 Å². The van der Waals surface area contributed by atoms with E-state index in [1.165, 1.54) is 9.75 Å². The van der Waals surface area contributed by atoms with Crippen LogP contribution in [0.4, 0.5) is 0 Å². The molecule has 2 heterocycles. The average Bonchev–Trinajstić information content (AvgIpc) is 2.94. The van der Waals surface area contributed by atoms with Gasteiger partial charge in [0, 0.05) is 9.75 Å². The number of hydrogen-bond donors (Lipinski definition) is 0. The zero-order chi connectivity index (χ0) is 12.5. The molecule has 0 bridgehead atoms. The normalized spacial score (nSPS) is 11.2. The van der Waals surface area contributed by atoms with Crippen LogP contribution in [0.3, 0.4) is 0 Å². The van der Waals surface area contributed by atoms with Gasteiger partial charge in [-0.05, 0) is 31.2 Å². The topological polar surface area (TPSA) is 17.8 Å². The molecular weight excluding hydrogens is 264 g/mol. The van der Waals surface area contributed by atoms with E-state index < -0.39 is 0 Å². The van der Waals surface area contributed by atoms with Crippen LogP contribution in [-0.4, -0.2) is 9.55 Å². The van der Waals surface area contributed by atoms with Gasteiger partial charge < -0.3 is 4.57 Å². The summed E-state index contributed by atoms with van der Waals surface area (Å²) in [5, 5.41) is 0. The lowest BCUT2D eigenvalue weighted by atomic mass is 10.3. The number of alkyl halides is 1. The van der Waals surface area contributed by atoms with Gasteiger partial charge in [-0.25, -0.2) is 4.98 Å². The molecule has 4 heteroatoms. The van der Waals surface area contributed by atoms with E-state index >= 15 is 0 Å². The fraction of sp³-hybridized carbons (Fsp3) is 0.214. The highest BCUT2D eigenvalue weighted by Crippen LogP contribution is 2.22. The first kappa shape index (κ1) is 11.8. The highest BCUT2D eigenvalue weighted by Gasteiger charge is 2.10. The lowest BCUT2D eigenvalue weighted by Gasteiger charge is -2.05. The summed E-state index contributed by atoms with van der Waals surface area (Å²) in [5.41, 5.74) is 2.17. The molecule has 0 spiro atoms. The number of fused-ring (bicyclic) bond motifs is 1. The number of hydrogen-bond acceptors (Lipinski definition) is 2. The molecule has 0 N–H and O–H groups in total. The summed E-state index contributed by atoms with van der Waals surface area (Å²) in [6.07, 6.45) is 0. The fourth-order valence-corrected chi connectivity index (χ4v) is 3.21. The van der Waals surface area contributed by atoms with Crippen LogP contribution in [0, 0.1) is 6.92 Å². The van der Waals surface area contributed by atoms with Crippen molar-refractivity contribution in [1.82, 2.24) is 9.55 Å². The summed E-state index contributed by atoms with van der Waals surface area (Å²) in [6, 6.07) is 12.5. The van der Waals surface area contributed by atoms with Gasteiger partial charge in [0.25, 0.3) is 0 Å². The Morgan fingerprint density at radius 2 is 2.06 bits per heavy atom. The van der Waals surface area contributed by atoms with E-state index in [1.54, 1.807) is 0 Å². The van der Waals surface area contributed by atoms with E-state index in [0.29, 0.717) is 5.88 Å². The Morgan fingerprint density at radius 3 is 2.78 bits per heavy atom. The van der Waals surface area contributed by atoms with Gasteiger partial charge in [0.15, 0.2) is 0 Å². The third kappa shape index (κ3) is 2.04. The van der Waals surface area contributed by atoms with Crippen molar-refractivity contribution >= 4 is 34.0 Å². The molecule has 3 rings (SSSR count). The number of thiophene rings is 1. The Labute approximate surface area is 115 Å². The van der Waals surface area contributed by atoms with Gasteiger partial charge in [0.1, 0.15) is 5.82 Å². The van der Waals surface area contributed by atoms with Gasteiger partial charge in [-0.1, -0.05) is 12.1 Å². The van der Waals surface area contributed by atoms with Crippen molar-refractivity contribution in [3.63, 3.8) is 0 Å². The summed E-state index contributed by atoms with van der Waals surface area (Å²) < 4.78 is 2.20. The first-order valence-electron chi connectivity index (χ1n) is 5.83. The monoisotopic (exact) mass is 276 g/mol. The molecule has 2 aromatic heterocycles. The summed E-state index contributed by atoms with van der Waals surface area (Å²) in [4.78, 5) is 7.24. The molecule has 92 valence electrons. The average molecular weight is 277 g/mol. The van der Waals surface area contributed by atoms with E-state index in [2.05, 4.69) is 34.7 Å². The van der Waals surface area contributed by atoms with E-state index in [-0.39, 0.29) is 0 Å². The first-order valence-corrected chi connectivity index (χ1v) is 7.18. The predicted octanol–water partition coefficient (Wildman–Crippen LogP) is 4.19. The molecule has 0 saturated heterocycles. The minimum atomic E-state index is 0.443. The van der Waals surface area contributed by atoms with Crippen LogP contribution in [0.25, 0.3) is 11.0 Å². The van der Waals surface area contributed by atoms with Gasteiger partial charge in [0.2, 0.25) is 0 Å². The highest BCUT2D eigenvalue weighted by atomic mass is 35.5. The number of halogens is 1. The molecule has 0 amide bonds. The Morgan fingerprint density at radius 1 is 1.22 bits per heavy atom. The van der Waals surface area contributed by atoms with Gasteiger partial charge in [-0.2, -0.15) is 0 Å².